The quantitative estimate of drug-likeness (QED) is 0.862. The average Bonchev–Trinajstić information content (AvgIpc) is 2.62. The number of hydrogen-bond acceptors (Lipinski definition) is 5. The summed E-state index contributed by atoms with van der Waals surface area (Å²) in [7, 11) is 0. The molecule has 0 fully saturated rings. The van der Waals surface area contributed by atoms with E-state index in [4.69, 9.17) is 14.9 Å². The van der Waals surface area contributed by atoms with Gasteiger partial charge in [-0.05, 0) is 57.7 Å². The number of nitrogens with zero attached hydrogens (tertiary/aromatic N) is 1. The lowest BCUT2D eigenvalue weighted by atomic mass is 10.3. The Hall–Kier alpha value is -1.62. The first-order valence-corrected chi connectivity index (χ1v) is 6.95. The van der Waals surface area contributed by atoms with Gasteiger partial charge in [-0.2, -0.15) is 0 Å². The van der Waals surface area contributed by atoms with Gasteiger partial charge in [0.1, 0.15) is 11.5 Å². The lowest BCUT2D eigenvalue weighted by Gasteiger charge is -2.12. The van der Waals surface area contributed by atoms with E-state index in [1.165, 1.54) is 11.8 Å². The molecule has 0 aliphatic carbocycles. The van der Waals surface area contributed by atoms with Crippen LogP contribution in [0, 0.1) is 13.8 Å². The zero-order valence-corrected chi connectivity index (χ0v) is 12.4. The van der Waals surface area contributed by atoms with E-state index in [1.807, 2.05) is 45.9 Å². The minimum atomic E-state index is 0.0915. The number of benzene rings is 1. The largest absolute Gasteiger partial charge is 0.489 e. The van der Waals surface area contributed by atoms with Gasteiger partial charge >= 0.3 is 0 Å². The highest BCUT2D eigenvalue weighted by Gasteiger charge is 2.10. The van der Waals surface area contributed by atoms with Gasteiger partial charge in [-0.15, -0.1) is 0 Å². The molecule has 102 valence electrons. The summed E-state index contributed by atoms with van der Waals surface area (Å²) in [5, 5.41) is 0.635. The first-order chi connectivity index (χ1) is 8.95. The van der Waals surface area contributed by atoms with Crippen molar-refractivity contribution in [2.75, 3.05) is 5.73 Å². The van der Waals surface area contributed by atoms with Crippen molar-refractivity contribution >= 4 is 17.4 Å². The van der Waals surface area contributed by atoms with Gasteiger partial charge in [0.15, 0.2) is 0 Å². The fourth-order valence-electron chi connectivity index (χ4n) is 1.52. The highest BCUT2D eigenvalue weighted by molar-refractivity contribution is 7.99. The molecule has 4 nitrogen and oxygen atoms in total. The van der Waals surface area contributed by atoms with Crippen LogP contribution >= 0.6 is 11.8 Å². The molecule has 1 heterocycles. The number of nitrogens with two attached hydrogens (primary N) is 1. The summed E-state index contributed by atoms with van der Waals surface area (Å²) >= 11 is 1.46. The topological polar surface area (TPSA) is 61.3 Å². The van der Waals surface area contributed by atoms with E-state index in [1.54, 1.807) is 0 Å². The number of nitrogen functional groups attached to an aromatic ring is 1. The van der Waals surface area contributed by atoms with Crippen LogP contribution in [0.2, 0.25) is 0 Å². The maximum atomic E-state index is 5.89. The summed E-state index contributed by atoms with van der Waals surface area (Å²) in [4.78, 5) is 5.33. The monoisotopic (exact) mass is 278 g/mol. The maximum absolute atomic E-state index is 5.89. The second kappa shape index (κ2) is 5.57. The molecule has 0 aliphatic rings. The number of rotatable bonds is 4. The number of oxazole rings is 1. The smallest absolute Gasteiger partial charge is 0.260 e. The Morgan fingerprint density at radius 3 is 2.63 bits per heavy atom. The summed E-state index contributed by atoms with van der Waals surface area (Å²) < 4.78 is 11.2. The number of hydrogen-bond donors (Lipinski definition) is 1. The number of aromatic nitrogens is 1. The minimum Gasteiger partial charge on any atom is -0.489 e. The molecule has 19 heavy (non-hydrogen) atoms. The van der Waals surface area contributed by atoms with E-state index in [0.29, 0.717) is 16.7 Å². The third kappa shape index (κ3) is 3.44. The van der Waals surface area contributed by atoms with E-state index in [0.717, 1.165) is 16.3 Å². The van der Waals surface area contributed by atoms with Crippen LogP contribution in [0.25, 0.3) is 0 Å². The van der Waals surface area contributed by atoms with E-state index >= 15 is 0 Å². The van der Waals surface area contributed by atoms with Gasteiger partial charge in [-0.3, -0.25) is 0 Å². The summed E-state index contributed by atoms with van der Waals surface area (Å²) in [6, 6.07) is 5.68. The summed E-state index contributed by atoms with van der Waals surface area (Å²) in [6.07, 6.45) is 0.0915. The Bertz CT molecular complexity index is 559. The van der Waals surface area contributed by atoms with E-state index in [9.17, 15) is 0 Å². The SMILES string of the molecule is Cc1nc(Sc2ccc(N)c(OC(C)C)c2)oc1C. The van der Waals surface area contributed by atoms with Crippen LogP contribution < -0.4 is 10.5 Å². The Labute approximate surface area is 117 Å². The molecule has 0 saturated carbocycles. The molecule has 0 radical (unpaired) electrons. The molecule has 0 aliphatic heterocycles. The molecule has 5 heteroatoms. The van der Waals surface area contributed by atoms with Gasteiger partial charge in [0.05, 0.1) is 17.5 Å². The van der Waals surface area contributed by atoms with Crippen LogP contribution in [-0.2, 0) is 0 Å². The zero-order valence-electron chi connectivity index (χ0n) is 11.6. The van der Waals surface area contributed by atoms with Crippen LogP contribution in [0.3, 0.4) is 0 Å². The van der Waals surface area contributed by atoms with E-state index in [-0.39, 0.29) is 6.10 Å². The summed E-state index contributed by atoms with van der Waals surface area (Å²) in [5.74, 6) is 1.54. The van der Waals surface area contributed by atoms with Crippen molar-refractivity contribution in [2.24, 2.45) is 0 Å². The molecule has 1 aromatic carbocycles. The molecule has 2 N–H and O–H groups in total. The lowest BCUT2D eigenvalue weighted by Crippen LogP contribution is -2.07. The first kappa shape index (κ1) is 13.8. The molecule has 0 unspecified atom stereocenters. The molecule has 0 bridgehead atoms. The highest BCUT2D eigenvalue weighted by Crippen LogP contribution is 2.33. The van der Waals surface area contributed by atoms with Crippen LogP contribution in [0.1, 0.15) is 25.3 Å². The third-order valence-corrected chi connectivity index (χ3v) is 3.40. The van der Waals surface area contributed by atoms with Crippen molar-refractivity contribution in [3.8, 4) is 5.75 Å². The molecule has 2 rings (SSSR count). The Kier molecular flexibility index (Phi) is 4.04. The van der Waals surface area contributed by atoms with Crippen molar-refractivity contribution in [1.82, 2.24) is 4.98 Å². The molecule has 0 atom stereocenters. The second-order valence-corrected chi connectivity index (χ2v) is 5.61. The standard InChI is InChI=1S/C14H18N2O2S/c1-8(2)17-13-7-11(5-6-12(13)15)19-14-16-9(3)10(4)18-14/h5-8H,15H2,1-4H3. The van der Waals surface area contributed by atoms with Gasteiger partial charge in [0.25, 0.3) is 5.22 Å². The van der Waals surface area contributed by atoms with Gasteiger partial charge < -0.3 is 14.9 Å². The van der Waals surface area contributed by atoms with Crippen molar-refractivity contribution in [1.29, 1.82) is 0 Å². The highest BCUT2D eigenvalue weighted by atomic mass is 32.2. The van der Waals surface area contributed by atoms with Crippen molar-refractivity contribution in [3.63, 3.8) is 0 Å². The van der Waals surface area contributed by atoms with E-state index < -0.39 is 0 Å². The number of ether oxygens (including phenoxy) is 1. The average molecular weight is 278 g/mol. The predicted molar refractivity (Wildman–Crippen MR) is 76.7 cm³/mol. The molecule has 1 aromatic heterocycles. The van der Waals surface area contributed by atoms with Crippen molar-refractivity contribution in [2.45, 2.75) is 43.9 Å². The summed E-state index contributed by atoms with van der Waals surface area (Å²) in [6.45, 7) is 7.78. The van der Waals surface area contributed by atoms with Gasteiger partial charge in [-0.25, -0.2) is 4.98 Å². The van der Waals surface area contributed by atoms with Gasteiger partial charge in [0.2, 0.25) is 0 Å². The molecule has 0 saturated heterocycles. The maximum Gasteiger partial charge on any atom is 0.260 e. The normalized spacial score (nSPS) is 11.0. The van der Waals surface area contributed by atoms with Crippen molar-refractivity contribution in [3.05, 3.63) is 29.7 Å². The van der Waals surface area contributed by atoms with Gasteiger partial charge in [0, 0.05) is 4.90 Å². The molecule has 0 amide bonds. The Morgan fingerprint density at radius 2 is 2.05 bits per heavy atom. The molecular formula is C14H18N2O2S. The summed E-state index contributed by atoms with van der Waals surface area (Å²) in [5.41, 5.74) is 7.44. The molecular weight excluding hydrogens is 260 g/mol. The molecule has 2 aromatic rings. The fourth-order valence-corrected chi connectivity index (χ4v) is 2.37. The predicted octanol–water partition coefficient (Wildman–Crippen LogP) is 3.81. The Morgan fingerprint density at radius 1 is 1.32 bits per heavy atom. The fraction of sp³-hybridized carbons (Fsp3) is 0.357. The van der Waals surface area contributed by atoms with Crippen LogP contribution in [0.5, 0.6) is 5.75 Å². The minimum absolute atomic E-state index is 0.0915. The Balaban J connectivity index is 2.21. The second-order valence-electron chi connectivity index (χ2n) is 4.59. The number of anilines is 1. The third-order valence-electron chi connectivity index (χ3n) is 2.56. The first-order valence-electron chi connectivity index (χ1n) is 6.13. The molecule has 0 spiro atoms. The zero-order chi connectivity index (χ0) is 14.0. The van der Waals surface area contributed by atoms with Crippen LogP contribution in [-0.4, -0.2) is 11.1 Å². The van der Waals surface area contributed by atoms with Crippen LogP contribution in [0.15, 0.2) is 32.7 Å². The van der Waals surface area contributed by atoms with Gasteiger partial charge in [-0.1, -0.05) is 0 Å². The number of aryl methyl sites for hydroxylation is 2. The van der Waals surface area contributed by atoms with Crippen molar-refractivity contribution < 1.29 is 9.15 Å². The van der Waals surface area contributed by atoms with Crippen LogP contribution in [0.4, 0.5) is 5.69 Å². The van der Waals surface area contributed by atoms with E-state index in [2.05, 4.69) is 4.98 Å². The lowest BCUT2D eigenvalue weighted by molar-refractivity contribution is 0.243.